The van der Waals surface area contributed by atoms with Crippen molar-refractivity contribution in [1.29, 1.82) is 5.26 Å². The molecule has 0 bridgehead atoms. The zero-order valence-corrected chi connectivity index (χ0v) is 13.8. The molecule has 0 amide bonds. The molecule has 1 heterocycles. The minimum Gasteiger partial charge on any atom is -0.302 e. The SMILES string of the molecule is CSC[C@@H]1CCN(CCS(=O)(=O)c2ccc(C#N)cc2)C1. The second-order valence-corrected chi connectivity index (χ2v) is 8.39. The van der Waals surface area contributed by atoms with Crippen molar-refractivity contribution in [3.05, 3.63) is 29.8 Å². The average Bonchev–Trinajstić information content (AvgIpc) is 2.93. The molecule has 0 aliphatic carbocycles. The van der Waals surface area contributed by atoms with Gasteiger partial charge in [-0.3, -0.25) is 0 Å². The predicted octanol–water partition coefficient (Wildman–Crippen LogP) is 2.02. The number of thioether (sulfide) groups is 1. The molecule has 0 spiro atoms. The maximum absolute atomic E-state index is 12.3. The fraction of sp³-hybridized carbons (Fsp3) is 0.533. The number of hydrogen-bond donors (Lipinski definition) is 0. The van der Waals surface area contributed by atoms with Gasteiger partial charge in [0.1, 0.15) is 0 Å². The van der Waals surface area contributed by atoms with E-state index in [2.05, 4.69) is 11.2 Å². The van der Waals surface area contributed by atoms with Gasteiger partial charge in [0, 0.05) is 13.1 Å². The van der Waals surface area contributed by atoms with E-state index in [1.807, 2.05) is 17.8 Å². The average molecular weight is 324 g/mol. The lowest BCUT2D eigenvalue weighted by molar-refractivity contribution is 0.348. The number of nitriles is 1. The minimum absolute atomic E-state index is 0.144. The summed E-state index contributed by atoms with van der Waals surface area (Å²) >= 11 is 1.85. The van der Waals surface area contributed by atoms with E-state index in [1.165, 1.54) is 12.1 Å². The van der Waals surface area contributed by atoms with Crippen molar-refractivity contribution in [2.75, 3.05) is 37.4 Å². The van der Waals surface area contributed by atoms with E-state index in [9.17, 15) is 8.42 Å². The van der Waals surface area contributed by atoms with Crippen LogP contribution < -0.4 is 0 Å². The van der Waals surface area contributed by atoms with Gasteiger partial charge in [-0.1, -0.05) is 0 Å². The highest BCUT2D eigenvalue weighted by Crippen LogP contribution is 2.20. The van der Waals surface area contributed by atoms with Gasteiger partial charge in [0.2, 0.25) is 0 Å². The molecule has 0 N–H and O–H groups in total. The van der Waals surface area contributed by atoms with Gasteiger partial charge in [-0.05, 0) is 55.2 Å². The highest BCUT2D eigenvalue weighted by molar-refractivity contribution is 7.98. The van der Waals surface area contributed by atoms with Gasteiger partial charge in [-0.25, -0.2) is 8.42 Å². The van der Waals surface area contributed by atoms with E-state index in [1.54, 1.807) is 12.1 Å². The van der Waals surface area contributed by atoms with Crippen LogP contribution in [0, 0.1) is 17.2 Å². The highest BCUT2D eigenvalue weighted by Gasteiger charge is 2.24. The monoisotopic (exact) mass is 324 g/mol. The van der Waals surface area contributed by atoms with Gasteiger partial charge < -0.3 is 4.90 Å². The summed E-state index contributed by atoms with van der Waals surface area (Å²) in [5.41, 5.74) is 0.480. The van der Waals surface area contributed by atoms with Crippen molar-refractivity contribution >= 4 is 21.6 Å². The van der Waals surface area contributed by atoms with Crippen LogP contribution in [0.3, 0.4) is 0 Å². The first-order valence-electron chi connectivity index (χ1n) is 6.99. The molecule has 1 fully saturated rings. The number of nitrogens with zero attached hydrogens (tertiary/aromatic N) is 2. The molecule has 1 aromatic carbocycles. The van der Waals surface area contributed by atoms with Crippen LogP contribution in [-0.4, -0.2) is 50.7 Å². The lowest BCUT2D eigenvalue weighted by Crippen LogP contribution is -2.27. The summed E-state index contributed by atoms with van der Waals surface area (Å²) in [7, 11) is -3.26. The first-order valence-corrected chi connectivity index (χ1v) is 10.0. The minimum atomic E-state index is -3.26. The molecule has 0 radical (unpaired) electrons. The Kier molecular flexibility index (Phi) is 5.68. The molecule has 4 nitrogen and oxygen atoms in total. The lowest BCUT2D eigenvalue weighted by Gasteiger charge is -2.15. The van der Waals surface area contributed by atoms with E-state index >= 15 is 0 Å². The van der Waals surface area contributed by atoms with Crippen LogP contribution in [0.25, 0.3) is 0 Å². The van der Waals surface area contributed by atoms with Crippen LogP contribution in [0.4, 0.5) is 0 Å². The maximum atomic E-state index is 12.3. The summed E-state index contributed by atoms with van der Waals surface area (Å²) in [4.78, 5) is 2.54. The molecule has 1 aliphatic heterocycles. The zero-order chi connectivity index (χ0) is 15.3. The van der Waals surface area contributed by atoms with Crippen LogP contribution in [-0.2, 0) is 9.84 Å². The van der Waals surface area contributed by atoms with Gasteiger partial charge in [-0.2, -0.15) is 17.0 Å². The normalized spacial score (nSPS) is 19.5. The van der Waals surface area contributed by atoms with Crippen LogP contribution in [0.5, 0.6) is 0 Å². The number of hydrogen-bond acceptors (Lipinski definition) is 5. The molecule has 1 aromatic rings. The highest BCUT2D eigenvalue weighted by atomic mass is 32.2. The standard InChI is InChI=1S/C15H20N2O2S2/c1-20-12-14-6-7-17(11-14)8-9-21(18,19)15-4-2-13(10-16)3-5-15/h2-5,14H,6-9,11-12H2,1H3/t14-/m1/s1. The number of likely N-dealkylation sites (tertiary alicyclic amines) is 1. The summed E-state index contributed by atoms with van der Waals surface area (Å²) in [6, 6.07) is 8.14. The molecule has 0 saturated carbocycles. The second kappa shape index (κ2) is 7.30. The summed E-state index contributed by atoms with van der Waals surface area (Å²) < 4.78 is 24.6. The predicted molar refractivity (Wildman–Crippen MR) is 86.1 cm³/mol. The van der Waals surface area contributed by atoms with Crippen LogP contribution >= 0.6 is 11.8 Å². The van der Waals surface area contributed by atoms with Gasteiger partial charge >= 0.3 is 0 Å². The van der Waals surface area contributed by atoms with E-state index in [4.69, 9.17) is 5.26 Å². The number of sulfone groups is 1. The second-order valence-electron chi connectivity index (χ2n) is 5.37. The molecule has 0 aromatic heterocycles. The van der Waals surface area contributed by atoms with E-state index in [-0.39, 0.29) is 5.75 Å². The van der Waals surface area contributed by atoms with E-state index in [0.29, 0.717) is 22.9 Å². The quantitative estimate of drug-likeness (QED) is 0.801. The molecule has 1 atom stereocenters. The smallest absolute Gasteiger partial charge is 0.179 e. The Bertz CT molecular complexity index is 606. The van der Waals surface area contributed by atoms with Crippen molar-refractivity contribution in [3.8, 4) is 6.07 Å². The number of rotatable bonds is 6. The summed E-state index contributed by atoms with van der Waals surface area (Å²) in [6.07, 6.45) is 3.27. The third-order valence-electron chi connectivity index (χ3n) is 3.79. The molecule has 1 aliphatic rings. The molecule has 114 valence electrons. The van der Waals surface area contributed by atoms with Crippen LogP contribution in [0.15, 0.2) is 29.2 Å². The van der Waals surface area contributed by atoms with Crippen molar-refractivity contribution in [2.45, 2.75) is 11.3 Å². The van der Waals surface area contributed by atoms with Gasteiger partial charge in [0.25, 0.3) is 0 Å². The first-order chi connectivity index (χ1) is 10.0. The van der Waals surface area contributed by atoms with Gasteiger partial charge in [0.15, 0.2) is 9.84 Å². The van der Waals surface area contributed by atoms with Gasteiger partial charge in [-0.15, -0.1) is 0 Å². The molecule has 0 unspecified atom stereocenters. The Morgan fingerprint density at radius 2 is 2.10 bits per heavy atom. The summed E-state index contributed by atoms with van der Waals surface area (Å²) in [6.45, 7) is 2.59. The van der Waals surface area contributed by atoms with Crippen molar-refractivity contribution in [3.63, 3.8) is 0 Å². The molecular formula is C15H20N2O2S2. The molecule has 6 heteroatoms. The van der Waals surface area contributed by atoms with E-state index < -0.39 is 9.84 Å². The molecule has 21 heavy (non-hydrogen) atoms. The third-order valence-corrected chi connectivity index (χ3v) is 6.31. The Morgan fingerprint density at radius 3 is 2.71 bits per heavy atom. The Hall–Kier alpha value is -1.03. The summed E-state index contributed by atoms with van der Waals surface area (Å²) in [5, 5.41) is 8.74. The Balaban J connectivity index is 1.91. The third kappa shape index (κ3) is 4.47. The Morgan fingerprint density at radius 1 is 1.38 bits per heavy atom. The topological polar surface area (TPSA) is 61.2 Å². The molecule has 1 saturated heterocycles. The van der Waals surface area contributed by atoms with Crippen molar-refractivity contribution in [1.82, 2.24) is 4.90 Å². The van der Waals surface area contributed by atoms with Crippen molar-refractivity contribution in [2.24, 2.45) is 5.92 Å². The lowest BCUT2D eigenvalue weighted by atomic mass is 10.2. The Labute approximate surface area is 131 Å². The van der Waals surface area contributed by atoms with E-state index in [0.717, 1.165) is 25.3 Å². The zero-order valence-electron chi connectivity index (χ0n) is 12.2. The first kappa shape index (κ1) is 16.3. The largest absolute Gasteiger partial charge is 0.302 e. The van der Waals surface area contributed by atoms with Crippen LogP contribution in [0.1, 0.15) is 12.0 Å². The fourth-order valence-electron chi connectivity index (χ4n) is 2.59. The fourth-order valence-corrected chi connectivity index (χ4v) is 4.62. The number of benzene rings is 1. The molecule has 2 rings (SSSR count). The van der Waals surface area contributed by atoms with Crippen molar-refractivity contribution < 1.29 is 8.42 Å². The van der Waals surface area contributed by atoms with Gasteiger partial charge in [0.05, 0.1) is 22.3 Å². The van der Waals surface area contributed by atoms with Crippen LogP contribution in [0.2, 0.25) is 0 Å². The maximum Gasteiger partial charge on any atom is 0.179 e. The summed E-state index contributed by atoms with van der Waals surface area (Å²) in [5.74, 6) is 1.99. The molecular weight excluding hydrogens is 304 g/mol.